The molecule has 0 radical (unpaired) electrons. The van der Waals surface area contributed by atoms with E-state index in [1.54, 1.807) is 0 Å². The Morgan fingerprint density at radius 2 is 2.14 bits per heavy atom. The minimum atomic E-state index is -0.193. The SMILES string of the molecule is Cn1ccnc1CN1CCO[C@H](CO)[C@H]1c1ccccc1. The maximum atomic E-state index is 9.65. The highest BCUT2D eigenvalue weighted by atomic mass is 16.5. The van der Waals surface area contributed by atoms with Crippen LogP contribution in [0.4, 0.5) is 0 Å². The molecule has 1 aromatic carbocycles. The fourth-order valence-corrected chi connectivity index (χ4v) is 2.92. The molecule has 21 heavy (non-hydrogen) atoms. The largest absolute Gasteiger partial charge is 0.394 e. The number of morpholine rings is 1. The maximum Gasteiger partial charge on any atom is 0.122 e. The van der Waals surface area contributed by atoms with E-state index in [0.717, 1.165) is 18.9 Å². The molecule has 5 heteroatoms. The van der Waals surface area contributed by atoms with E-state index < -0.39 is 0 Å². The highest BCUT2D eigenvalue weighted by Crippen LogP contribution is 2.30. The summed E-state index contributed by atoms with van der Waals surface area (Å²) in [5.74, 6) is 1.02. The quantitative estimate of drug-likeness (QED) is 0.922. The van der Waals surface area contributed by atoms with Crippen LogP contribution in [0.2, 0.25) is 0 Å². The van der Waals surface area contributed by atoms with Crippen LogP contribution in [0.3, 0.4) is 0 Å². The van der Waals surface area contributed by atoms with Crippen LogP contribution in [0, 0.1) is 0 Å². The smallest absolute Gasteiger partial charge is 0.122 e. The number of aryl methyl sites for hydroxylation is 1. The van der Waals surface area contributed by atoms with E-state index in [1.165, 1.54) is 5.56 Å². The lowest BCUT2D eigenvalue weighted by Gasteiger charge is -2.40. The Labute approximate surface area is 124 Å². The summed E-state index contributed by atoms with van der Waals surface area (Å²) in [5.41, 5.74) is 1.17. The molecule has 0 unspecified atom stereocenters. The molecule has 0 amide bonds. The Morgan fingerprint density at radius 1 is 1.33 bits per heavy atom. The second-order valence-corrected chi connectivity index (χ2v) is 5.37. The zero-order valence-electron chi connectivity index (χ0n) is 12.2. The fourth-order valence-electron chi connectivity index (χ4n) is 2.92. The van der Waals surface area contributed by atoms with E-state index in [0.29, 0.717) is 6.61 Å². The van der Waals surface area contributed by atoms with Crippen LogP contribution in [-0.2, 0) is 18.3 Å². The lowest BCUT2D eigenvalue weighted by Crippen LogP contribution is -2.46. The molecular formula is C16H21N3O2. The van der Waals surface area contributed by atoms with E-state index >= 15 is 0 Å². The van der Waals surface area contributed by atoms with Gasteiger partial charge < -0.3 is 14.4 Å². The Kier molecular flexibility index (Phi) is 4.34. The standard InChI is InChI=1S/C16H21N3O2/c1-18-8-7-17-15(18)11-19-9-10-21-14(12-20)16(19)13-5-3-2-4-6-13/h2-8,14,16,20H,9-12H2,1H3/t14-,16-/m1/s1. The van der Waals surface area contributed by atoms with Crippen LogP contribution < -0.4 is 0 Å². The number of imidazole rings is 1. The molecule has 0 aliphatic carbocycles. The van der Waals surface area contributed by atoms with Gasteiger partial charge in [-0.05, 0) is 5.56 Å². The zero-order valence-corrected chi connectivity index (χ0v) is 12.2. The summed E-state index contributed by atoms with van der Waals surface area (Å²) in [6, 6.07) is 10.3. The Morgan fingerprint density at radius 3 is 2.81 bits per heavy atom. The highest BCUT2D eigenvalue weighted by molar-refractivity contribution is 5.21. The lowest BCUT2D eigenvalue weighted by molar-refractivity contribution is -0.0968. The van der Waals surface area contributed by atoms with Gasteiger partial charge in [0.05, 0.1) is 25.8 Å². The van der Waals surface area contributed by atoms with Gasteiger partial charge in [-0.2, -0.15) is 0 Å². The molecule has 0 spiro atoms. The second kappa shape index (κ2) is 6.39. The van der Waals surface area contributed by atoms with Gasteiger partial charge in [-0.3, -0.25) is 4.90 Å². The molecule has 1 aliphatic rings. The van der Waals surface area contributed by atoms with Crippen molar-refractivity contribution in [2.75, 3.05) is 19.8 Å². The van der Waals surface area contributed by atoms with Crippen molar-refractivity contribution in [2.45, 2.75) is 18.7 Å². The molecule has 112 valence electrons. The molecule has 2 heterocycles. The molecule has 2 atom stereocenters. The summed E-state index contributed by atoms with van der Waals surface area (Å²) in [6.45, 7) is 2.25. The highest BCUT2D eigenvalue weighted by Gasteiger charge is 2.33. The molecule has 1 saturated heterocycles. The molecule has 5 nitrogen and oxygen atoms in total. The summed E-state index contributed by atoms with van der Waals surface area (Å²) in [6.07, 6.45) is 3.58. The molecule has 1 fully saturated rings. The molecule has 1 aromatic heterocycles. The molecule has 2 aromatic rings. The number of nitrogens with zero attached hydrogens (tertiary/aromatic N) is 3. The van der Waals surface area contributed by atoms with Gasteiger partial charge in [0.25, 0.3) is 0 Å². The van der Waals surface area contributed by atoms with Gasteiger partial charge in [0.2, 0.25) is 0 Å². The average molecular weight is 287 g/mol. The third kappa shape index (κ3) is 3.00. The van der Waals surface area contributed by atoms with Crippen LogP contribution in [0.15, 0.2) is 42.7 Å². The topological polar surface area (TPSA) is 50.5 Å². The molecular weight excluding hydrogens is 266 g/mol. The van der Waals surface area contributed by atoms with Crippen molar-refractivity contribution in [3.8, 4) is 0 Å². The van der Waals surface area contributed by atoms with Gasteiger partial charge in [0.1, 0.15) is 11.9 Å². The first kappa shape index (κ1) is 14.3. The third-order valence-corrected chi connectivity index (χ3v) is 4.04. The predicted molar refractivity (Wildman–Crippen MR) is 79.6 cm³/mol. The Bertz CT molecular complexity index is 570. The van der Waals surface area contributed by atoms with Gasteiger partial charge in [-0.1, -0.05) is 30.3 Å². The minimum Gasteiger partial charge on any atom is -0.394 e. The maximum absolute atomic E-state index is 9.65. The number of rotatable bonds is 4. The van der Waals surface area contributed by atoms with Crippen LogP contribution in [0.25, 0.3) is 0 Å². The Hall–Kier alpha value is -1.69. The van der Waals surface area contributed by atoms with Gasteiger partial charge >= 0.3 is 0 Å². The summed E-state index contributed by atoms with van der Waals surface area (Å²) >= 11 is 0. The molecule has 1 N–H and O–H groups in total. The number of benzene rings is 1. The molecule has 3 rings (SSSR count). The van der Waals surface area contributed by atoms with Crippen molar-refractivity contribution >= 4 is 0 Å². The number of aromatic nitrogens is 2. The number of hydrogen-bond acceptors (Lipinski definition) is 4. The van der Waals surface area contributed by atoms with Gasteiger partial charge in [0.15, 0.2) is 0 Å². The number of hydrogen-bond donors (Lipinski definition) is 1. The van der Waals surface area contributed by atoms with Crippen LogP contribution in [-0.4, -0.2) is 45.4 Å². The normalized spacial score (nSPS) is 23.3. The first-order valence-electron chi connectivity index (χ1n) is 7.27. The molecule has 0 bridgehead atoms. The van der Waals surface area contributed by atoms with Gasteiger partial charge in [-0.15, -0.1) is 0 Å². The summed E-state index contributed by atoms with van der Waals surface area (Å²) in [4.78, 5) is 6.74. The van der Waals surface area contributed by atoms with Crippen molar-refractivity contribution < 1.29 is 9.84 Å². The molecule has 0 saturated carbocycles. The van der Waals surface area contributed by atoms with Crippen molar-refractivity contribution in [1.82, 2.24) is 14.5 Å². The first-order chi connectivity index (χ1) is 10.3. The van der Waals surface area contributed by atoms with E-state index in [1.807, 2.05) is 42.2 Å². The van der Waals surface area contributed by atoms with E-state index in [9.17, 15) is 5.11 Å². The van der Waals surface area contributed by atoms with E-state index in [4.69, 9.17) is 4.74 Å². The fraction of sp³-hybridized carbons (Fsp3) is 0.438. The van der Waals surface area contributed by atoms with Crippen LogP contribution in [0.5, 0.6) is 0 Å². The lowest BCUT2D eigenvalue weighted by atomic mass is 9.98. The second-order valence-electron chi connectivity index (χ2n) is 5.37. The monoisotopic (exact) mass is 287 g/mol. The Balaban J connectivity index is 1.87. The summed E-state index contributed by atoms with van der Waals surface area (Å²) in [5, 5.41) is 9.65. The first-order valence-corrected chi connectivity index (χ1v) is 7.27. The predicted octanol–water partition coefficient (Wildman–Crippen LogP) is 1.35. The van der Waals surface area contributed by atoms with Gasteiger partial charge in [-0.25, -0.2) is 4.98 Å². The van der Waals surface area contributed by atoms with Crippen LogP contribution in [0.1, 0.15) is 17.4 Å². The van der Waals surface area contributed by atoms with Crippen LogP contribution >= 0.6 is 0 Å². The average Bonchev–Trinajstić information content (AvgIpc) is 2.93. The van der Waals surface area contributed by atoms with E-state index in [-0.39, 0.29) is 18.8 Å². The van der Waals surface area contributed by atoms with Crippen molar-refractivity contribution in [3.05, 3.63) is 54.1 Å². The minimum absolute atomic E-state index is 0.0244. The number of aliphatic hydroxyl groups excluding tert-OH is 1. The summed E-state index contributed by atoms with van der Waals surface area (Å²) in [7, 11) is 2.00. The molecule has 1 aliphatic heterocycles. The number of aliphatic hydroxyl groups is 1. The van der Waals surface area contributed by atoms with Gasteiger partial charge in [0, 0.05) is 26.0 Å². The van der Waals surface area contributed by atoms with Crippen molar-refractivity contribution in [1.29, 1.82) is 0 Å². The third-order valence-electron chi connectivity index (χ3n) is 4.04. The van der Waals surface area contributed by atoms with Crippen molar-refractivity contribution in [2.24, 2.45) is 7.05 Å². The van der Waals surface area contributed by atoms with E-state index in [2.05, 4.69) is 22.0 Å². The van der Waals surface area contributed by atoms with Crippen molar-refractivity contribution in [3.63, 3.8) is 0 Å². The number of ether oxygens (including phenoxy) is 1. The zero-order chi connectivity index (χ0) is 14.7. The summed E-state index contributed by atoms with van der Waals surface area (Å²) < 4.78 is 7.79.